The molecule has 0 bridgehead atoms. The van der Waals surface area contributed by atoms with Gasteiger partial charge in [-0.1, -0.05) is 53.0 Å². The first kappa shape index (κ1) is 32.1. The fourth-order valence-corrected chi connectivity index (χ4v) is 4.18. The van der Waals surface area contributed by atoms with E-state index in [9.17, 15) is 24.3 Å². The number of aliphatic carboxylic acids is 1. The Morgan fingerprint density at radius 1 is 1.26 bits per heavy atom. The summed E-state index contributed by atoms with van der Waals surface area (Å²) in [7, 11) is 0. The number of H-pyrrole nitrogens is 1. The van der Waals surface area contributed by atoms with E-state index in [4.69, 9.17) is 15.2 Å². The number of carbonyl (C=O) groups excluding carboxylic acids is 3. The molecule has 0 spiro atoms. The van der Waals surface area contributed by atoms with Crippen molar-refractivity contribution in [3.63, 3.8) is 0 Å². The number of halogens is 1. The molecule has 1 unspecified atom stereocenters. The molecule has 11 nitrogen and oxygen atoms in total. The van der Waals surface area contributed by atoms with Gasteiger partial charge in [0.05, 0.1) is 18.1 Å². The molecule has 214 valence electrons. The molecule has 0 saturated carbocycles. The number of ether oxygens (including phenoxy) is 2. The van der Waals surface area contributed by atoms with Gasteiger partial charge < -0.3 is 35.9 Å². The quantitative estimate of drug-likeness (QED) is 0.0737. The Bertz CT molecular complexity index is 1100. The van der Waals surface area contributed by atoms with Crippen LogP contribution in [0.2, 0.25) is 0 Å². The number of hydrogen-bond donors (Lipinski definition) is 5. The fourth-order valence-electron chi connectivity index (χ4n) is 3.87. The van der Waals surface area contributed by atoms with Crippen LogP contribution in [0.1, 0.15) is 54.9 Å². The van der Waals surface area contributed by atoms with E-state index in [0.717, 1.165) is 22.0 Å². The average Bonchev–Trinajstić information content (AvgIpc) is 3.27. The van der Waals surface area contributed by atoms with Crippen molar-refractivity contribution in [1.82, 2.24) is 15.6 Å². The maximum atomic E-state index is 12.7. The van der Waals surface area contributed by atoms with Gasteiger partial charge in [-0.3, -0.25) is 14.4 Å². The third kappa shape index (κ3) is 11.2. The summed E-state index contributed by atoms with van der Waals surface area (Å²) >= 11 is 2.25. The highest BCUT2D eigenvalue weighted by Gasteiger charge is 2.25. The highest BCUT2D eigenvalue weighted by atomic mass is 127. The summed E-state index contributed by atoms with van der Waals surface area (Å²) < 4.78 is 11.3. The summed E-state index contributed by atoms with van der Waals surface area (Å²) in [4.78, 5) is 51.5. The van der Waals surface area contributed by atoms with Crippen LogP contribution >= 0.6 is 22.6 Å². The molecule has 0 aromatic carbocycles. The molecule has 0 saturated heterocycles. The first-order chi connectivity index (χ1) is 18.6. The van der Waals surface area contributed by atoms with E-state index >= 15 is 0 Å². The van der Waals surface area contributed by atoms with Crippen LogP contribution < -0.4 is 16.4 Å². The summed E-state index contributed by atoms with van der Waals surface area (Å²) in [6.45, 7) is 6.35. The summed E-state index contributed by atoms with van der Waals surface area (Å²) in [5.41, 5.74) is 8.59. The van der Waals surface area contributed by atoms with Crippen molar-refractivity contribution >= 4 is 52.2 Å². The average molecular weight is 657 g/mol. The van der Waals surface area contributed by atoms with E-state index in [2.05, 4.69) is 44.8 Å². The van der Waals surface area contributed by atoms with Gasteiger partial charge in [-0.2, -0.15) is 0 Å². The molecule has 2 rings (SSSR count). The third-order valence-electron chi connectivity index (χ3n) is 5.91. The molecule has 0 aliphatic heterocycles. The van der Waals surface area contributed by atoms with E-state index in [0.29, 0.717) is 37.1 Å². The number of carboxylic acids is 1. The second-order valence-electron chi connectivity index (χ2n) is 9.13. The van der Waals surface area contributed by atoms with Crippen LogP contribution in [-0.4, -0.2) is 64.1 Å². The van der Waals surface area contributed by atoms with Crippen LogP contribution in [0.5, 0.6) is 0 Å². The lowest BCUT2D eigenvalue weighted by atomic mass is 9.92. The van der Waals surface area contributed by atoms with Crippen LogP contribution in [0.15, 0.2) is 42.3 Å². The lowest BCUT2D eigenvalue weighted by Gasteiger charge is -2.20. The Morgan fingerprint density at radius 2 is 2.03 bits per heavy atom. The minimum Gasteiger partial charge on any atom is -0.480 e. The molecule has 39 heavy (non-hydrogen) atoms. The van der Waals surface area contributed by atoms with Crippen molar-refractivity contribution in [1.29, 1.82) is 0 Å². The van der Waals surface area contributed by atoms with Crippen molar-refractivity contribution in [2.45, 2.75) is 51.5 Å². The highest BCUT2D eigenvalue weighted by Crippen LogP contribution is 2.24. The Balaban J connectivity index is 1.79. The Labute approximate surface area is 241 Å². The van der Waals surface area contributed by atoms with Crippen molar-refractivity contribution in [2.24, 2.45) is 5.92 Å². The zero-order valence-electron chi connectivity index (χ0n) is 22.1. The SMILES string of the molecule is C=C(C)NC(=O)c1c(CCC2=CCC(C(=O)N[C@@H](CCC(=O)OCCOCCCI)C(=O)O)C=C2)c[nH]c1N. The maximum absolute atomic E-state index is 12.7. The molecule has 0 fully saturated rings. The summed E-state index contributed by atoms with van der Waals surface area (Å²) in [6.07, 6.45) is 9.48. The summed E-state index contributed by atoms with van der Waals surface area (Å²) in [6, 6.07) is -1.20. The molecular weight excluding hydrogens is 619 g/mol. The zero-order chi connectivity index (χ0) is 28.8. The predicted molar refractivity (Wildman–Crippen MR) is 155 cm³/mol. The molecule has 1 aliphatic carbocycles. The highest BCUT2D eigenvalue weighted by molar-refractivity contribution is 14.1. The second-order valence-corrected chi connectivity index (χ2v) is 10.2. The van der Waals surface area contributed by atoms with Gasteiger partial charge in [0.15, 0.2) is 0 Å². The molecule has 1 heterocycles. The number of anilines is 1. The topological polar surface area (TPSA) is 173 Å². The summed E-state index contributed by atoms with van der Waals surface area (Å²) in [5, 5.41) is 14.7. The van der Waals surface area contributed by atoms with Gasteiger partial charge in [0, 0.05) is 29.3 Å². The number of aryl methyl sites for hydroxylation is 1. The smallest absolute Gasteiger partial charge is 0.326 e. The van der Waals surface area contributed by atoms with E-state index in [1.165, 1.54) is 0 Å². The van der Waals surface area contributed by atoms with Gasteiger partial charge in [0.2, 0.25) is 5.91 Å². The van der Waals surface area contributed by atoms with Crippen molar-refractivity contribution in [3.05, 3.63) is 53.4 Å². The molecular formula is C27H37IN4O7. The van der Waals surface area contributed by atoms with E-state index < -0.39 is 29.8 Å². The standard InChI is InChI=1S/C27H37IN4O7/c1-17(2)31-26(35)23-20(16-30-24(23)29)9-6-18-4-7-19(8-5-18)25(34)32-21(27(36)37)10-11-22(33)39-15-14-38-13-3-12-28/h4-5,7,16,19,21,30H,1,3,6,8-15,29H2,2H3,(H,31,35)(H,32,34)(H,36,37)/t19?,21-/m0/s1. The first-order valence-corrected chi connectivity index (χ1v) is 14.3. The lowest BCUT2D eigenvalue weighted by Crippen LogP contribution is -2.43. The molecule has 1 aliphatic rings. The first-order valence-electron chi connectivity index (χ1n) is 12.7. The number of aromatic amines is 1. The second kappa shape index (κ2) is 16.7. The van der Waals surface area contributed by atoms with Gasteiger partial charge in [-0.05, 0) is 44.6 Å². The number of allylic oxidation sites excluding steroid dienone is 4. The van der Waals surface area contributed by atoms with Crippen LogP contribution in [0.3, 0.4) is 0 Å². The number of aromatic nitrogens is 1. The van der Waals surface area contributed by atoms with Gasteiger partial charge >= 0.3 is 11.9 Å². The molecule has 1 aromatic heterocycles. The van der Waals surface area contributed by atoms with E-state index in [-0.39, 0.29) is 37.8 Å². The van der Waals surface area contributed by atoms with Crippen molar-refractivity contribution in [3.8, 4) is 0 Å². The number of rotatable bonds is 17. The molecule has 6 N–H and O–H groups in total. The number of nitrogen functional groups attached to an aromatic ring is 1. The van der Waals surface area contributed by atoms with Crippen LogP contribution in [-0.2, 0) is 30.3 Å². The minimum absolute atomic E-state index is 0.0752. The molecule has 2 amide bonds. The molecule has 12 heteroatoms. The number of alkyl halides is 1. The van der Waals surface area contributed by atoms with Crippen LogP contribution in [0.4, 0.5) is 5.82 Å². The van der Waals surface area contributed by atoms with Crippen LogP contribution in [0.25, 0.3) is 0 Å². The minimum atomic E-state index is -1.22. The number of nitrogens with one attached hydrogen (secondary N) is 3. The predicted octanol–water partition coefficient (Wildman–Crippen LogP) is 3.03. The monoisotopic (exact) mass is 656 g/mol. The van der Waals surface area contributed by atoms with Crippen molar-refractivity contribution < 1.29 is 33.8 Å². The number of carboxylic acid groups (broad SMARTS) is 1. The molecule has 1 aromatic rings. The van der Waals surface area contributed by atoms with Gasteiger partial charge in [-0.25, -0.2) is 4.79 Å². The summed E-state index contributed by atoms with van der Waals surface area (Å²) in [5.74, 6) is -2.75. The number of esters is 1. The maximum Gasteiger partial charge on any atom is 0.326 e. The van der Waals surface area contributed by atoms with Crippen molar-refractivity contribution in [2.75, 3.05) is 30.0 Å². The van der Waals surface area contributed by atoms with Gasteiger partial charge in [-0.15, -0.1) is 0 Å². The zero-order valence-corrected chi connectivity index (χ0v) is 24.3. The third-order valence-corrected chi connectivity index (χ3v) is 6.67. The number of carbonyl (C=O) groups is 4. The Kier molecular flexibility index (Phi) is 13.8. The molecule has 0 radical (unpaired) electrons. The largest absolute Gasteiger partial charge is 0.480 e. The van der Waals surface area contributed by atoms with E-state index in [1.807, 2.05) is 12.2 Å². The number of hydrogen-bond acceptors (Lipinski definition) is 7. The van der Waals surface area contributed by atoms with Gasteiger partial charge in [0.1, 0.15) is 18.5 Å². The van der Waals surface area contributed by atoms with Crippen LogP contribution in [0, 0.1) is 5.92 Å². The Hall–Kier alpha value is -3.13. The Morgan fingerprint density at radius 3 is 2.67 bits per heavy atom. The normalized spacial score (nSPS) is 15.2. The number of amides is 2. The van der Waals surface area contributed by atoms with E-state index in [1.54, 1.807) is 19.2 Å². The fraction of sp³-hybridized carbons (Fsp3) is 0.481. The van der Waals surface area contributed by atoms with Gasteiger partial charge in [0.25, 0.3) is 5.91 Å². The number of nitrogens with two attached hydrogens (primary N) is 1. The lowest BCUT2D eigenvalue weighted by molar-refractivity contribution is -0.147. The molecule has 2 atom stereocenters.